The van der Waals surface area contributed by atoms with E-state index in [9.17, 15) is 9.90 Å². The van der Waals surface area contributed by atoms with E-state index in [2.05, 4.69) is 9.97 Å². The highest BCUT2D eigenvalue weighted by atomic mass is 16.5. The third-order valence-electron chi connectivity index (χ3n) is 3.13. The number of hydrogen-bond donors (Lipinski definition) is 1. The number of fused-ring (bicyclic) bond motifs is 1. The van der Waals surface area contributed by atoms with Gasteiger partial charge in [0, 0.05) is 18.5 Å². The molecule has 0 aliphatic carbocycles. The van der Waals surface area contributed by atoms with Gasteiger partial charge in [-0.25, -0.2) is 9.78 Å². The van der Waals surface area contributed by atoms with E-state index >= 15 is 0 Å². The first-order valence-corrected chi connectivity index (χ1v) is 6.50. The third kappa shape index (κ3) is 2.56. The average Bonchev–Trinajstić information content (AvgIpc) is 2.92. The molecule has 7 nitrogen and oxygen atoms in total. The Morgan fingerprint density at radius 2 is 2.23 bits per heavy atom. The number of carboxylic acids is 1. The smallest absolute Gasteiger partial charge is 0.356 e. The van der Waals surface area contributed by atoms with E-state index in [0.717, 1.165) is 0 Å². The van der Waals surface area contributed by atoms with Crippen molar-refractivity contribution < 1.29 is 19.4 Å². The normalized spacial score (nSPS) is 10.6. The number of nitrogens with zero attached hydrogens (tertiary/aromatic N) is 3. The fourth-order valence-corrected chi connectivity index (χ4v) is 2.09. The van der Waals surface area contributed by atoms with Gasteiger partial charge in [-0.05, 0) is 18.2 Å². The van der Waals surface area contributed by atoms with E-state index in [0.29, 0.717) is 22.8 Å². The Hall–Kier alpha value is -3.09. The highest BCUT2D eigenvalue weighted by molar-refractivity contribution is 5.94. The minimum atomic E-state index is -1.10. The van der Waals surface area contributed by atoms with Crippen LogP contribution in [0.5, 0.6) is 11.5 Å². The Bertz CT molecular complexity index is 814. The van der Waals surface area contributed by atoms with Crippen molar-refractivity contribution >= 4 is 11.5 Å². The summed E-state index contributed by atoms with van der Waals surface area (Å²) in [5, 5.41) is 9.28. The van der Waals surface area contributed by atoms with Gasteiger partial charge in [0.2, 0.25) is 0 Å². The molecule has 0 unspecified atom stereocenters. The molecule has 0 atom stereocenters. The number of aromatic carboxylic acids is 1. The van der Waals surface area contributed by atoms with Gasteiger partial charge < -0.3 is 14.6 Å². The molecule has 0 saturated carbocycles. The number of aromatic nitrogens is 3. The summed E-state index contributed by atoms with van der Waals surface area (Å²) in [5.74, 6) is 0.538. The van der Waals surface area contributed by atoms with Crippen LogP contribution in [0, 0.1) is 0 Å². The number of rotatable bonds is 5. The minimum Gasteiger partial charge on any atom is -0.497 e. The van der Waals surface area contributed by atoms with Crippen LogP contribution in [0.2, 0.25) is 0 Å². The van der Waals surface area contributed by atoms with Crippen LogP contribution in [0.15, 0.2) is 42.9 Å². The van der Waals surface area contributed by atoms with Crippen LogP contribution in [0.25, 0.3) is 5.52 Å². The second kappa shape index (κ2) is 5.72. The Balaban J connectivity index is 1.97. The topological polar surface area (TPSA) is 86.0 Å². The van der Waals surface area contributed by atoms with E-state index in [1.54, 1.807) is 47.3 Å². The lowest BCUT2D eigenvalue weighted by Gasteiger charge is -2.05. The van der Waals surface area contributed by atoms with Crippen molar-refractivity contribution in [2.24, 2.45) is 0 Å². The number of methoxy groups -OCH3 is 1. The molecular formula is C15H13N3O4. The number of hydrogen-bond acceptors (Lipinski definition) is 5. The molecule has 3 rings (SSSR count). The maximum absolute atomic E-state index is 11.3. The van der Waals surface area contributed by atoms with Crippen molar-refractivity contribution in [2.75, 3.05) is 7.11 Å². The Morgan fingerprint density at radius 3 is 2.91 bits per heavy atom. The van der Waals surface area contributed by atoms with Gasteiger partial charge in [-0.15, -0.1) is 0 Å². The molecule has 0 saturated heterocycles. The van der Waals surface area contributed by atoms with Crippen LogP contribution in [-0.4, -0.2) is 32.6 Å². The summed E-state index contributed by atoms with van der Waals surface area (Å²) in [4.78, 5) is 19.4. The number of carboxylic acid groups (broad SMARTS) is 1. The fourth-order valence-electron chi connectivity index (χ4n) is 2.09. The van der Waals surface area contributed by atoms with Crippen molar-refractivity contribution in [2.45, 2.75) is 6.61 Å². The molecule has 0 spiro atoms. The number of pyridine rings is 2. The van der Waals surface area contributed by atoms with Crippen LogP contribution in [0.3, 0.4) is 0 Å². The van der Waals surface area contributed by atoms with E-state index in [1.165, 1.54) is 7.11 Å². The van der Waals surface area contributed by atoms with Crippen LogP contribution < -0.4 is 9.47 Å². The molecule has 22 heavy (non-hydrogen) atoms. The maximum Gasteiger partial charge on any atom is 0.356 e. The summed E-state index contributed by atoms with van der Waals surface area (Å²) in [6, 6.07) is 6.88. The predicted octanol–water partition coefficient (Wildman–Crippen LogP) is 2.02. The monoisotopic (exact) mass is 299 g/mol. The van der Waals surface area contributed by atoms with Crippen molar-refractivity contribution in [1.82, 2.24) is 14.4 Å². The van der Waals surface area contributed by atoms with Crippen molar-refractivity contribution in [1.29, 1.82) is 0 Å². The number of ether oxygens (including phenoxy) is 2. The van der Waals surface area contributed by atoms with E-state index < -0.39 is 5.97 Å². The zero-order valence-electron chi connectivity index (χ0n) is 11.8. The molecule has 0 aromatic carbocycles. The average molecular weight is 299 g/mol. The first-order chi connectivity index (χ1) is 10.7. The quantitative estimate of drug-likeness (QED) is 0.775. The minimum absolute atomic E-state index is 0.0383. The first-order valence-electron chi connectivity index (χ1n) is 6.50. The summed E-state index contributed by atoms with van der Waals surface area (Å²) in [7, 11) is 1.52. The molecule has 3 heterocycles. The van der Waals surface area contributed by atoms with Crippen molar-refractivity contribution in [3.05, 3.63) is 54.4 Å². The molecule has 0 aliphatic rings. The summed E-state index contributed by atoms with van der Waals surface area (Å²) in [6.07, 6.45) is 4.93. The van der Waals surface area contributed by atoms with Crippen molar-refractivity contribution in [3.8, 4) is 11.5 Å². The summed E-state index contributed by atoms with van der Waals surface area (Å²) >= 11 is 0. The van der Waals surface area contributed by atoms with Crippen LogP contribution in [0.4, 0.5) is 0 Å². The zero-order valence-corrected chi connectivity index (χ0v) is 11.8. The van der Waals surface area contributed by atoms with Gasteiger partial charge in [0.15, 0.2) is 11.5 Å². The second-order valence-corrected chi connectivity index (χ2v) is 4.48. The molecule has 0 amide bonds. The van der Waals surface area contributed by atoms with Crippen LogP contribution in [-0.2, 0) is 6.61 Å². The SMILES string of the molecule is COc1ccn2c(COc3cccnc3)nc(C(=O)O)c2c1. The van der Waals surface area contributed by atoms with Gasteiger partial charge in [-0.3, -0.25) is 9.38 Å². The lowest BCUT2D eigenvalue weighted by Crippen LogP contribution is -2.01. The molecule has 0 fully saturated rings. The van der Waals surface area contributed by atoms with E-state index in [4.69, 9.17) is 9.47 Å². The summed E-state index contributed by atoms with van der Waals surface area (Å²) in [6.45, 7) is 0.131. The Kier molecular flexibility index (Phi) is 3.61. The van der Waals surface area contributed by atoms with Gasteiger partial charge >= 0.3 is 5.97 Å². The van der Waals surface area contributed by atoms with E-state index in [-0.39, 0.29) is 12.3 Å². The lowest BCUT2D eigenvalue weighted by atomic mass is 10.3. The molecule has 3 aromatic heterocycles. The standard InChI is InChI=1S/C15H13N3O4/c1-21-10-4-6-18-12(7-10)14(15(19)20)17-13(18)9-22-11-3-2-5-16-8-11/h2-8H,9H2,1H3,(H,19,20). The van der Waals surface area contributed by atoms with Gasteiger partial charge in [0.25, 0.3) is 0 Å². The van der Waals surface area contributed by atoms with Crippen LogP contribution in [0.1, 0.15) is 16.3 Å². The highest BCUT2D eigenvalue weighted by Crippen LogP contribution is 2.20. The second-order valence-electron chi connectivity index (χ2n) is 4.48. The molecule has 0 bridgehead atoms. The van der Waals surface area contributed by atoms with Crippen molar-refractivity contribution in [3.63, 3.8) is 0 Å². The zero-order chi connectivity index (χ0) is 15.5. The van der Waals surface area contributed by atoms with E-state index in [1.807, 2.05) is 0 Å². The number of carbonyl (C=O) groups is 1. The summed E-state index contributed by atoms with van der Waals surface area (Å²) in [5.41, 5.74) is 0.417. The molecule has 112 valence electrons. The van der Waals surface area contributed by atoms with Gasteiger partial charge in [0.05, 0.1) is 18.8 Å². The van der Waals surface area contributed by atoms with Gasteiger partial charge in [-0.1, -0.05) is 0 Å². The number of imidazole rings is 1. The fraction of sp³-hybridized carbons (Fsp3) is 0.133. The summed E-state index contributed by atoms with van der Waals surface area (Å²) < 4.78 is 12.4. The first kappa shape index (κ1) is 13.9. The van der Waals surface area contributed by atoms with Gasteiger partial charge in [-0.2, -0.15) is 0 Å². The highest BCUT2D eigenvalue weighted by Gasteiger charge is 2.17. The Labute approximate surface area is 125 Å². The molecule has 1 N–H and O–H groups in total. The Morgan fingerprint density at radius 1 is 1.36 bits per heavy atom. The molecule has 3 aromatic rings. The molecule has 7 heteroatoms. The van der Waals surface area contributed by atoms with Gasteiger partial charge in [0.1, 0.15) is 18.1 Å². The largest absolute Gasteiger partial charge is 0.497 e. The molecule has 0 radical (unpaired) electrons. The molecular weight excluding hydrogens is 286 g/mol. The lowest BCUT2D eigenvalue weighted by molar-refractivity contribution is 0.0693. The maximum atomic E-state index is 11.3. The molecule has 0 aliphatic heterocycles. The van der Waals surface area contributed by atoms with Crippen LogP contribution >= 0.6 is 0 Å². The predicted molar refractivity (Wildman–Crippen MR) is 77.3 cm³/mol. The third-order valence-corrected chi connectivity index (χ3v) is 3.13.